The maximum Gasteiger partial charge on any atom is 0.302 e. The van der Waals surface area contributed by atoms with E-state index in [4.69, 9.17) is 18.9 Å². The molecule has 10 heteroatoms. The largest absolute Gasteiger partial charge is 0.486 e. The zero-order valence-electron chi connectivity index (χ0n) is 23.2. The first kappa shape index (κ1) is 27.2. The molecule has 1 unspecified atom stereocenters. The van der Waals surface area contributed by atoms with Crippen LogP contribution in [0.1, 0.15) is 63.2 Å². The Morgan fingerprint density at radius 2 is 1.77 bits per heavy atom. The SMILES string of the molecule is CC(=O)OC[C@@H]1O[C@H](OCc2cn(CC3C4=C(OC3(C)C)c3ccccc3C(=O)C4=O)nn2)[C@@H](C)[C@H](C)[C@H]1C. The molecule has 1 aromatic carbocycles. The van der Waals surface area contributed by atoms with E-state index in [9.17, 15) is 14.4 Å². The van der Waals surface area contributed by atoms with Crippen molar-refractivity contribution < 1.29 is 33.3 Å². The van der Waals surface area contributed by atoms with Gasteiger partial charge in [-0.2, -0.15) is 0 Å². The molecule has 2 aromatic rings. The lowest BCUT2D eigenvalue weighted by Crippen LogP contribution is -2.47. The third kappa shape index (κ3) is 5.03. The molecular formula is C29H35N3O7. The Labute approximate surface area is 227 Å². The summed E-state index contributed by atoms with van der Waals surface area (Å²) in [6.45, 7) is 12.2. The smallest absolute Gasteiger partial charge is 0.302 e. The lowest BCUT2D eigenvalue weighted by molar-refractivity contribution is -0.260. The molecule has 208 valence electrons. The number of hydrogen-bond donors (Lipinski definition) is 0. The van der Waals surface area contributed by atoms with Crippen LogP contribution in [0.3, 0.4) is 0 Å². The van der Waals surface area contributed by atoms with Gasteiger partial charge in [-0.15, -0.1) is 5.10 Å². The minimum atomic E-state index is -0.726. The van der Waals surface area contributed by atoms with Gasteiger partial charge in [0, 0.05) is 24.0 Å². The summed E-state index contributed by atoms with van der Waals surface area (Å²) in [5.41, 5.74) is 1.29. The first-order chi connectivity index (χ1) is 18.5. The van der Waals surface area contributed by atoms with Crippen molar-refractivity contribution in [3.63, 3.8) is 0 Å². The molecule has 0 radical (unpaired) electrons. The second-order valence-electron chi connectivity index (χ2n) is 11.4. The number of fused-ring (bicyclic) bond motifs is 2. The van der Waals surface area contributed by atoms with Gasteiger partial charge in [0.25, 0.3) is 0 Å². The molecule has 3 heterocycles. The molecule has 6 atom stereocenters. The van der Waals surface area contributed by atoms with Gasteiger partial charge in [-0.05, 0) is 25.7 Å². The van der Waals surface area contributed by atoms with Crippen LogP contribution in [-0.4, -0.2) is 57.1 Å². The van der Waals surface area contributed by atoms with Crippen LogP contribution in [0.5, 0.6) is 0 Å². The molecule has 3 aliphatic rings. The van der Waals surface area contributed by atoms with Crippen molar-refractivity contribution in [2.45, 2.75) is 72.7 Å². The van der Waals surface area contributed by atoms with E-state index in [1.165, 1.54) is 6.92 Å². The number of carbonyl (C=O) groups excluding carboxylic acids is 3. The number of ether oxygens (including phenoxy) is 4. The number of rotatable bonds is 7. The number of hydrogen-bond acceptors (Lipinski definition) is 9. The summed E-state index contributed by atoms with van der Waals surface area (Å²) in [4.78, 5) is 37.3. The van der Waals surface area contributed by atoms with Crippen molar-refractivity contribution in [2.24, 2.45) is 23.7 Å². The van der Waals surface area contributed by atoms with Gasteiger partial charge in [0.15, 0.2) is 6.29 Å². The normalized spacial score (nSPS) is 29.6. The molecule has 39 heavy (non-hydrogen) atoms. The summed E-state index contributed by atoms with van der Waals surface area (Å²) in [5, 5.41) is 8.52. The minimum Gasteiger partial charge on any atom is -0.486 e. The van der Waals surface area contributed by atoms with Crippen molar-refractivity contribution in [3.8, 4) is 0 Å². The van der Waals surface area contributed by atoms with E-state index in [2.05, 4.69) is 31.1 Å². The van der Waals surface area contributed by atoms with E-state index < -0.39 is 23.5 Å². The molecule has 0 amide bonds. The monoisotopic (exact) mass is 537 g/mol. The Bertz CT molecular complexity index is 1330. The summed E-state index contributed by atoms with van der Waals surface area (Å²) < 4.78 is 25.4. The molecule has 0 saturated carbocycles. The molecule has 5 rings (SSSR count). The van der Waals surface area contributed by atoms with Crippen molar-refractivity contribution in [2.75, 3.05) is 6.61 Å². The lowest BCUT2D eigenvalue weighted by Gasteiger charge is -2.43. The Hall–Kier alpha value is -3.37. The molecule has 1 fully saturated rings. The average molecular weight is 538 g/mol. The second-order valence-corrected chi connectivity index (χ2v) is 11.4. The highest BCUT2D eigenvalue weighted by Gasteiger charge is 2.50. The minimum absolute atomic E-state index is 0.128. The van der Waals surface area contributed by atoms with Crippen molar-refractivity contribution in [3.05, 3.63) is 52.9 Å². The van der Waals surface area contributed by atoms with E-state index in [1.807, 2.05) is 26.0 Å². The van der Waals surface area contributed by atoms with Crippen molar-refractivity contribution in [1.82, 2.24) is 15.0 Å². The molecule has 0 N–H and O–H groups in total. The lowest BCUT2D eigenvalue weighted by atomic mass is 9.79. The fourth-order valence-corrected chi connectivity index (χ4v) is 5.71. The van der Waals surface area contributed by atoms with Crippen LogP contribution in [0, 0.1) is 23.7 Å². The Kier molecular flexibility index (Phi) is 7.19. The van der Waals surface area contributed by atoms with Gasteiger partial charge in [0.1, 0.15) is 23.7 Å². The fraction of sp³-hybridized carbons (Fsp3) is 0.552. The predicted molar refractivity (Wildman–Crippen MR) is 139 cm³/mol. The van der Waals surface area contributed by atoms with Gasteiger partial charge in [-0.25, -0.2) is 0 Å². The molecule has 10 nitrogen and oxygen atoms in total. The van der Waals surface area contributed by atoms with E-state index >= 15 is 0 Å². The topological polar surface area (TPSA) is 119 Å². The van der Waals surface area contributed by atoms with Crippen molar-refractivity contribution >= 4 is 23.3 Å². The summed E-state index contributed by atoms with van der Waals surface area (Å²) in [6, 6.07) is 7.04. The van der Waals surface area contributed by atoms with Gasteiger partial charge in [-0.3, -0.25) is 19.1 Å². The number of benzene rings is 1. The van der Waals surface area contributed by atoms with Crippen LogP contribution < -0.4 is 0 Å². The second kappa shape index (κ2) is 10.3. The van der Waals surface area contributed by atoms with Crippen LogP contribution in [0.15, 0.2) is 36.0 Å². The molecule has 0 spiro atoms. The van der Waals surface area contributed by atoms with Gasteiger partial charge in [0.05, 0.1) is 36.9 Å². The summed E-state index contributed by atoms with van der Waals surface area (Å²) in [6.07, 6.45) is 1.03. The molecule has 2 aliphatic heterocycles. The van der Waals surface area contributed by atoms with Gasteiger partial charge in [0.2, 0.25) is 11.6 Å². The van der Waals surface area contributed by atoms with Crippen LogP contribution in [0.25, 0.3) is 5.76 Å². The molecule has 1 aromatic heterocycles. The third-order valence-electron chi connectivity index (χ3n) is 8.45. The van der Waals surface area contributed by atoms with Gasteiger partial charge < -0.3 is 18.9 Å². The standard InChI is InChI=1S/C29H35N3O7/c1-15-16(2)23(14-36-18(4)33)38-28(17(15)3)37-13-19-11-32(31-30-19)12-22-24-26(35)25(34)20-9-7-8-10-21(20)27(24)39-29(22,5)6/h7-11,15-17,22-23,28H,12-14H2,1-6H3/t15-,16-,17+,22?,23+,28+/m1/s1. The number of Topliss-reactive ketones (excluding diaryl/α,β-unsaturated/α-hetero) is 2. The quantitative estimate of drug-likeness (QED) is 0.385. The zero-order valence-corrected chi connectivity index (χ0v) is 23.2. The van der Waals surface area contributed by atoms with E-state index in [1.54, 1.807) is 23.0 Å². The number of nitrogens with zero attached hydrogens (tertiary/aromatic N) is 3. The zero-order chi connectivity index (χ0) is 28.1. The maximum absolute atomic E-state index is 13.1. The number of esters is 1. The Morgan fingerprint density at radius 1 is 1.05 bits per heavy atom. The summed E-state index contributed by atoms with van der Waals surface area (Å²) >= 11 is 0. The molecule has 0 bridgehead atoms. The van der Waals surface area contributed by atoms with E-state index in [0.717, 1.165) is 0 Å². The maximum atomic E-state index is 13.1. The van der Waals surface area contributed by atoms with Gasteiger partial charge in [-0.1, -0.05) is 50.3 Å². The number of carbonyl (C=O) groups is 3. The molecule has 1 saturated heterocycles. The van der Waals surface area contributed by atoms with Crippen molar-refractivity contribution in [1.29, 1.82) is 0 Å². The van der Waals surface area contributed by atoms with Crippen LogP contribution >= 0.6 is 0 Å². The Balaban J connectivity index is 1.28. The molecular weight excluding hydrogens is 502 g/mol. The summed E-state index contributed by atoms with van der Waals surface area (Å²) in [7, 11) is 0. The highest BCUT2D eigenvalue weighted by Crippen LogP contribution is 2.47. The van der Waals surface area contributed by atoms with E-state index in [0.29, 0.717) is 40.6 Å². The Morgan fingerprint density at radius 3 is 2.49 bits per heavy atom. The average Bonchev–Trinajstić information content (AvgIpc) is 3.46. The first-order valence-electron chi connectivity index (χ1n) is 13.4. The fourth-order valence-electron chi connectivity index (χ4n) is 5.71. The first-order valence-corrected chi connectivity index (χ1v) is 13.4. The van der Waals surface area contributed by atoms with Crippen LogP contribution in [0.4, 0.5) is 0 Å². The third-order valence-corrected chi connectivity index (χ3v) is 8.45. The molecule has 1 aliphatic carbocycles. The predicted octanol–water partition coefficient (Wildman–Crippen LogP) is 3.59. The van der Waals surface area contributed by atoms with Crippen LogP contribution in [0.2, 0.25) is 0 Å². The van der Waals surface area contributed by atoms with E-state index in [-0.39, 0.29) is 43.0 Å². The van der Waals surface area contributed by atoms with Crippen LogP contribution in [-0.2, 0) is 41.7 Å². The van der Waals surface area contributed by atoms with Gasteiger partial charge >= 0.3 is 5.97 Å². The number of aromatic nitrogens is 3. The number of ketones is 2. The summed E-state index contributed by atoms with van der Waals surface area (Å²) in [5.74, 6) is -0.664. The highest BCUT2D eigenvalue weighted by atomic mass is 16.7. The highest BCUT2D eigenvalue weighted by molar-refractivity contribution is 6.52.